The van der Waals surface area contributed by atoms with Gasteiger partial charge in [-0.3, -0.25) is 14.9 Å². The van der Waals surface area contributed by atoms with Gasteiger partial charge in [-0.2, -0.15) is 0 Å². The third-order valence-electron chi connectivity index (χ3n) is 4.25. The van der Waals surface area contributed by atoms with Gasteiger partial charge in [0.15, 0.2) is 11.9 Å². The van der Waals surface area contributed by atoms with E-state index in [-0.39, 0.29) is 17.3 Å². The first-order valence-electron chi connectivity index (χ1n) is 8.68. The molecule has 2 aromatic carbocycles. The molecular weight excluding hydrogens is 350 g/mol. The third kappa shape index (κ3) is 4.73. The number of hydrogen-bond acceptors (Lipinski definition) is 6. The molecule has 1 saturated heterocycles. The van der Waals surface area contributed by atoms with E-state index >= 15 is 0 Å². The summed E-state index contributed by atoms with van der Waals surface area (Å²) in [6.07, 6.45) is -0.884. The van der Waals surface area contributed by atoms with Crippen molar-refractivity contribution in [3.8, 4) is 5.75 Å². The highest BCUT2D eigenvalue weighted by molar-refractivity contribution is 5.94. The van der Waals surface area contributed by atoms with Crippen molar-refractivity contribution in [2.45, 2.75) is 13.0 Å². The number of morpholine rings is 1. The summed E-state index contributed by atoms with van der Waals surface area (Å²) in [5, 5.41) is 13.8. The monoisotopic (exact) mass is 371 g/mol. The normalized spacial score (nSPS) is 15.1. The minimum absolute atomic E-state index is 0.0628. The van der Waals surface area contributed by atoms with Crippen LogP contribution in [0.2, 0.25) is 0 Å². The summed E-state index contributed by atoms with van der Waals surface area (Å²) in [6, 6.07) is 13.5. The number of para-hydroxylation sites is 2. The van der Waals surface area contributed by atoms with Crippen LogP contribution < -0.4 is 15.0 Å². The summed E-state index contributed by atoms with van der Waals surface area (Å²) in [5.74, 6) is -0.319. The summed E-state index contributed by atoms with van der Waals surface area (Å²) in [5.41, 5.74) is 1.53. The molecule has 1 aliphatic heterocycles. The van der Waals surface area contributed by atoms with E-state index in [9.17, 15) is 14.9 Å². The summed E-state index contributed by atoms with van der Waals surface area (Å²) in [4.78, 5) is 25.1. The topological polar surface area (TPSA) is 93.9 Å². The van der Waals surface area contributed by atoms with Crippen LogP contribution in [0.1, 0.15) is 6.92 Å². The standard InChI is InChI=1S/C19H21N3O5/c1-14(27-18-5-3-2-4-17(18)22(24)25)19(23)20-15-6-8-16(9-7-15)21-10-12-26-13-11-21/h2-9,14H,10-13H2,1H3,(H,20,23)/t14-/m1/s1. The number of carbonyl (C=O) groups excluding carboxylic acids is 1. The lowest BCUT2D eigenvalue weighted by molar-refractivity contribution is -0.386. The van der Waals surface area contributed by atoms with Crippen molar-refractivity contribution in [3.05, 3.63) is 58.6 Å². The van der Waals surface area contributed by atoms with E-state index < -0.39 is 11.0 Å². The van der Waals surface area contributed by atoms with Crippen molar-refractivity contribution in [2.24, 2.45) is 0 Å². The first-order chi connectivity index (χ1) is 13.0. The van der Waals surface area contributed by atoms with Crippen LogP contribution >= 0.6 is 0 Å². The Bertz CT molecular complexity index is 803. The van der Waals surface area contributed by atoms with Gasteiger partial charge in [-0.1, -0.05) is 12.1 Å². The minimum atomic E-state index is -0.884. The highest BCUT2D eigenvalue weighted by Gasteiger charge is 2.21. The predicted octanol–water partition coefficient (Wildman–Crippen LogP) is 2.84. The molecule has 1 N–H and O–H groups in total. The van der Waals surface area contributed by atoms with Crippen LogP contribution in [0.15, 0.2) is 48.5 Å². The number of hydrogen-bond donors (Lipinski definition) is 1. The maximum Gasteiger partial charge on any atom is 0.310 e. The molecule has 0 bridgehead atoms. The van der Waals surface area contributed by atoms with E-state index in [4.69, 9.17) is 9.47 Å². The average Bonchev–Trinajstić information content (AvgIpc) is 2.69. The zero-order valence-corrected chi connectivity index (χ0v) is 15.0. The molecule has 1 atom stereocenters. The Labute approximate surface area is 156 Å². The molecule has 142 valence electrons. The second-order valence-corrected chi connectivity index (χ2v) is 6.12. The second kappa shape index (κ2) is 8.50. The van der Waals surface area contributed by atoms with Crippen molar-refractivity contribution in [3.63, 3.8) is 0 Å². The molecule has 0 radical (unpaired) electrons. The minimum Gasteiger partial charge on any atom is -0.474 e. The molecule has 2 aromatic rings. The first-order valence-corrected chi connectivity index (χ1v) is 8.68. The Kier molecular flexibility index (Phi) is 5.87. The number of nitrogens with zero attached hydrogens (tertiary/aromatic N) is 2. The quantitative estimate of drug-likeness (QED) is 0.620. The molecule has 0 spiro atoms. The van der Waals surface area contributed by atoms with Crippen molar-refractivity contribution in [1.82, 2.24) is 0 Å². The van der Waals surface area contributed by atoms with Gasteiger partial charge in [0.05, 0.1) is 18.1 Å². The molecular formula is C19H21N3O5. The molecule has 1 fully saturated rings. The maximum atomic E-state index is 12.4. The molecule has 1 heterocycles. The van der Waals surface area contributed by atoms with Crippen LogP contribution in [-0.2, 0) is 9.53 Å². The van der Waals surface area contributed by atoms with Crippen molar-refractivity contribution >= 4 is 23.0 Å². The van der Waals surface area contributed by atoms with Gasteiger partial charge >= 0.3 is 5.69 Å². The molecule has 0 aliphatic carbocycles. The molecule has 27 heavy (non-hydrogen) atoms. The molecule has 3 rings (SSSR count). The van der Waals surface area contributed by atoms with Crippen molar-refractivity contribution in [2.75, 3.05) is 36.5 Å². The lowest BCUT2D eigenvalue weighted by Gasteiger charge is -2.28. The van der Waals surface area contributed by atoms with E-state index in [2.05, 4.69) is 10.2 Å². The van der Waals surface area contributed by atoms with Crippen molar-refractivity contribution in [1.29, 1.82) is 0 Å². The van der Waals surface area contributed by atoms with Crippen LogP contribution in [0.25, 0.3) is 0 Å². The van der Waals surface area contributed by atoms with Gasteiger partial charge in [0, 0.05) is 30.5 Å². The number of carbonyl (C=O) groups is 1. The fourth-order valence-electron chi connectivity index (χ4n) is 2.77. The highest BCUT2D eigenvalue weighted by Crippen LogP contribution is 2.27. The zero-order chi connectivity index (χ0) is 19.2. The Morgan fingerprint density at radius 1 is 1.19 bits per heavy atom. The largest absolute Gasteiger partial charge is 0.474 e. The summed E-state index contributed by atoms with van der Waals surface area (Å²) >= 11 is 0. The lowest BCUT2D eigenvalue weighted by Crippen LogP contribution is -2.36. The SMILES string of the molecule is C[C@@H](Oc1ccccc1[N+](=O)[O-])C(=O)Nc1ccc(N2CCOCC2)cc1. The number of nitro groups is 1. The Hall–Kier alpha value is -3.13. The van der Waals surface area contributed by atoms with Crippen LogP contribution in [0.5, 0.6) is 5.75 Å². The molecule has 0 aromatic heterocycles. The van der Waals surface area contributed by atoms with Crippen LogP contribution in [0, 0.1) is 10.1 Å². The fourth-order valence-corrected chi connectivity index (χ4v) is 2.77. The number of nitro benzene ring substituents is 1. The van der Waals surface area contributed by atoms with Crippen LogP contribution in [0.4, 0.5) is 17.1 Å². The number of nitrogens with one attached hydrogen (secondary N) is 1. The number of rotatable bonds is 6. The highest BCUT2D eigenvalue weighted by atomic mass is 16.6. The second-order valence-electron chi connectivity index (χ2n) is 6.12. The van der Waals surface area contributed by atoms with Gasteiger partial charge in [-0.15, -0.1) is 0 Å². The van der Waals surface area contributed by atoms with Gasteiger partial charge in [-0.25, -0.2) is 0 Å². The van der Waals surface area contributed by atoms with E-state index in [1.807, 2.05) is 24.3 Å². The van der Waals surface area contributed by atoms with Gasteiger partial charge in [0.2, 0.25) is 0 Å². The van der Waals surface area contributed by atoms with E-state index in [1.165, 1.54) is 12.1 Å². The predicted molar refractivity (Wildman–Crippen MR) is 101 cm³/mol. The fraction of sp³-hybridized carbons (Fsp3) is 0.316. The summed E-state index contributed by atoms with van der Waals surface area (Å²) in [7, 11) is 0. The molecule has 1 amide bonds. The van der Waals surface area contributed by atoms with Gasteiger partial charge < -0.3 is 19.7 Å². The Morgan fingerprint density at radius 2 is 1.85 bits per heavy atom. The summed E-state index contributed by atoms with van der Waals surface area (Å²) in [6.45, 7) is 4.64. The maximum absolute atomic E-state index is 12.4. The number of benzene rings is 2. The van der Waals surface area contributed by atoms with Gasteiger partial charge in [0.1, 0.15) is 0 Å². The number of amides is 1. The molecule has 8 heteroatoms. The average molecular weight is 371 g/mol. The first kappa shape index (κ1) is 18.7. The lowest BCUT2D eigenvalue weighted by atomic mass is 10.2. The molecule has 1 aliphatic rings. The Morgan fingerprint density at radius 3 is 2.52 bits per heavy atom. The van der Waals surface area contributed by atoms with Crippen LogP contribution in [-0.4, -0.2) is 43.2 Å². The molecule has 0 saturated carbocycles. The smallest absolute Gasteiger partial charge is 0.310 e. The number of ether oxygens (including phenoxy) is 2. The summed E-state index contributed by atoms with van der Waals surface area (Å²) < 4.78 is 10.8. The molecule has 0 unspecified atom stereocenters. The van der Waals surface area contributed by atoms with E-state index in [1.54, 1.807) is 19.1 Å². The van der Waals surface area contributed by atoms with E-state index in [0.29, 0.717) is 18.9 Å². The van der Waals surface area contributed by atoms with Crippen LogP contribution in [0.3, 0.4) is 0 Å². The Balaban J connectivity index is 1.60. The van der Waals surface area contributed by atoms with Gasteiger partial charge in [0.25, 0.3) is 5.91 Å². The third-order valence-corrected chi connectivity index (χ3v) is 4.25. The van der Waals surface area contributed by atoms with E-state index in [0.717, 1.165) is 18.8 Å². The molecule has 8 nitrogen and oxygen atoms in total. The number of anilines is 2. The zero-order valence-electron chi connectivity index (χ0n) is 15.0. The van der Waals surface area contributed by atoms with Crippen molar-refractivity contribution < 1.29 is 19.2 Å². The van der Waals surface area contributed by atoms with Gasteiger partial charge in [-0.05, 0) is 37.3 Å².